The smallest absolute Gasteiger partial charge is 0.322 e. The fourth-order valence-corrected chi connectivity index (χ4v) is 6.22. The van der Waals surface area contributed by atoms with E-state index in [2.05, 4.69) is 37.6 Å². The van der Waals surface area contributed by atoms with Gasteiger partial charge >= 0.3 is 6.03 Å². The molecule has 0 radical (unpaired) electrons. The first kappa shape index (κ1) is 26.1. The Kier molecular flexibility index (Phi) is 6.58. The number of nitrogens with one attached hydrogen (secondary N) is 2. The molecule has 2 aliphatic rings. The summed E-state index contributed by atoms with van der Waals surface area (Å²) < 4.78 is 21.1. The van der Waals surface area contributed by atoms with E-state index in [-0.39, 0.29) is 11.8 Å². The number of aromatic nitrogens is 4. The lowest BCUT2D eigenvalue weighted by molar-refractivity contribution is 0.213. The SMILES string of the molecule is COc1cc2ncnc(Nc3ccc4c(cnn4Cc4cccc(F)c4)c3)c2cc1NC(=O)N1C[C@H]2CCN(C)[C@H]2C1. The summed E-state index contributed by atoms with van der Waals surface area (Å²) in [6.07, 6.45) is 4.41. The molecule has 10 nitrogen and oxygen atoms in total. The van der Waals surface area contributed by atoms with Crippen LogP contribution in [-0.4, -0.2) is 75.4 Å². The molecule has 2 atom stereocenters. The molecule has 2 saturated heterocycles. The number of urea groups is 1. The van der Waals surface area contributed by atoms with Gasteiger partial charge in [-0.05, 0) is 67.9 Å². The number of carbonyl (C=O) groups excluding carboxylic acids is 1. The molecule has 214 valence electrons. The minimum absolute atomic E-state index is 0.137. The fourth-order valence-electron chi connectivity index (χ4n) is 6.22. The molecule has 0 unspecified atom stereocenters. The summed E-state index contributed by atoms with van der Waals surface area (Å²) in [6.45, 7) is 3.04. The van der Waals surface area contributed by atoms with Gasteiger partial charge in [-0.15, -0.1) is 0 Å². The van der Waals surface area contributed by atoms with Crippen molar-refractivity contribution < 1.29 is 13.9 Å². The lowest BCUT2D eigenvalue weighted by atomic mass is 10.1. The van der Waals surface area contributed by atoms with Crippen LogP contribution in [0.25, 0.3) is 21.8 Å². The number of benzene rings is 3. The first-order chi connectivity index (χ1) is 20.4. The highest BCUT2D eigenvalue weighted by Crippen LogP contribution is 2.35. The van der Waals surface area contributed by atoms with Crippen LogP contribution in [0.4, 0.5) is 26.4 Å². The minimum Gasteiger partial charge on any atom is -0.494 e. The molecule has 42 heavy (non-hydrogen) atoms. The molecular weight excluding hydrogens is 535 g/mol. The van der Waals surface area contributed by atoms with Crippen LogP contribution in [0.5, 0.6) is 5.75 Å². The van der Waals surface area contributed by atoms with Crippen LogP contribution in [-0.2, 0) is 6.54 Å². The zero-order valence-corrected chi connectivity index (χ0v) is 23.4. The van der Waals surface area contributed by atoms with Crippen LogP contribution in [0.15, 0.2) is 67.1 Å². The van der Waals surface area contributed by atoms with Gasteiger partial charge in [-0.3, -0.25) is 4.68 Å². The Morgan fingerprint density at radius 3 is 2.86 bits per heavy atom. The van der Waals surface area contributed by atoms with Crippen LogP contribution in [0, 0.1) is 11.7 Å². The van der Waals surface area contributed by atoms with Crippen LogP contribution in [0.1, 0.15) is 12.0 Å². The number of amides is 2. The monoisotopic (exact) mass is 566 g/mol. The number of likely N-dealkylation sites (tertiary alicyclic amines) is 2. The summed E-state index contributed by atoms with van der Waals surface area (Å²) >= 11 is 0. The number of rotatable bonds is 6. The molecule has 4 heterocycles. The third-order valence-electron chi connectivity index (χ3n) is 8.44. The molecule has 2 aliphatic heterocycles. The molecule has 5 aromatic rings. The van der Waals surface area contributed by atoms with Crippen molar-refractivity contribution in [3.63, 3.8) is 0 Å². The third-order valence-corrected chi connectivity index (χ3v) is 8.44. The van der Waals surface area contributed by atoms with Gasteiger partial charge in [0.2, 0.25) is 0 Å². The molecule has 0 aliphatic carbocycles. The Labute approximate surface area is 242 Å². The standard InChI is InChI=1S/C31H31FN8O2/c1-38-9-8-20-16-39(17-28(20)38)31(41)37-26-12-24-25(13-29(26)42-2)33-18-34-30(24)36-23-6-7-27-21(11-23)14-35-40(27)15-19-4-3-5-22(32)10-19/h3-7,10-14,18,20,28H,8-9,15-17H2,1-2H3,(H,37,41)(H,33,34,36)/t20-,28+/m1/s1. The molecule has 2 aromatic heterocycles. The molecule has 0 bridgehead atoms. The maximum Gasteiger partial charge on any atom is 0.322 e. The van der Waals surface area contributed by atoms with Crippen molar-refractivity contribution in [1.82, 2.24) is 29.5 Å². The number of anilines is 3. The number of hydrogen-bond acceptors (Lipinski definition) is 7. The molecule has 2 amide bonds. The van der Waals surface area contributed by atoms with Crippen LogP contribution < -0.4 is 15.4 Å². The highest BCUT2D eigenvalue weighted by molar-refractivity contribution is 5.99. The number of ether oxygens (including phenoxy) is 1. The molecule has 0 spiro atoms. The lowest BCUT2D eigenvalue weighted by Gasteiger charge is -2.22. The Morgan fingerprint density at radius 2 is 2.02 bits per heavy atom. The van der Waals surface area contributed by atoms with E-state index in [1.54, 1.807) is 19.4 Å². The Morgan fingerprint density at radius 1 is 1.12 bits per heavy atom. The average Bonchev–Trinajstić information content (AvgIpc) is 3.69. The van der Waals surface area contributed by atoms with Gasteiger partial charge in [0.15, 0.2) is 0 Å². The second-order valence-electron chi connectivity index (χ2n) is 11.1. The summed E-state index contributed by atoms with van der Waals surface area (Å²) in [7, 11) is 3.71. The quantitative estimate of drug-likeness (QED) is 0.295. The largest absolute Gasteiger partial charge is 0.494 e. The summed E-state index contributed by atoms with van der Waals surface area (Å²) in [5, 5.41) is 12.7. The maximum atomic E-state index is 13.7. The van der Waals surface area contributed by atoms with Gasteiger partial charge in [-0.25, -0.2) is 19.2 Å². The molecule has 11 heteroatoms. The summed E-state index contributed by atoms with van der Waals surface area (Å²) in [4.78, 5) is 26.4. The van der Waals surface area contributed by atoms with Crippen LogP contribution >= 0.6 is 0 Å². The molecule has 2 N–H and O–H groups in total. The maximum absolute atomic E-state index is 13.7. The Hall–Kier alpha value is -4.77. The molecule has 2 fully saturated rings. The lowest BCUT2D eigenvalue weighted by Crippen LogP contribution is -2.37. The van der Waals surface area contributed by atoms with E-state index in [0.29, 0.717) is 41.3 Å². The van der Waals surface area contributed by atoms with E-state index in [0.717, 1.165) is 53.6 Å². The van der Waals surface area contributed by atoms with E-state index in [1.807, 2.05) is 46.0 Å². The zero-order chi connectivity index (χ0) is 28.8. The highest BCUT2D eigenvalue weighted by atomic mass is 19.1. The van der Waals surface area contributed by atoms with Crippen molar-refractivity contribution in [1.29, 1.82) is 0 Å². The number of hydrogen-bond donors (Lipinski definition) is 2. The summed E-state index contributed by atoms with van der Waals surface area (Å²) in [6, 6.07) is 16.4. The van der Waals surface area contributed by atoms with E-state index in [4.69, 9.17) is 4.74 Å². The fraction of sp³-hybridized carbons (Fsp3) is 0.290. The number of carbonyl (C=O) groups is 1. The minimum atomic E-state index is -0.265. The molecule has 3 aromatic carbocycles. The van der Waals surface area contributed by atoms with E-state index >= 15 is 0 Å². The van der Waals surface area contributed by atoms with Gasteiger partial charge in [0.25, 0.3) is 0 Å². The van der Waals surface area contributed by atoms with E-state index in [9.17, 15) is 9.18 Å². The van der Waals surface area contributed by atoms with Crippen LogP contribution in [0.3, 0.4) is 0 Å². The van der Waals surface area contributed by atoms with Crippen molar-refractivity contribution in [2.45, 2.75) is 19.0 Å². The topological polar surface area (TPSA) is 100 Å². The molecular formula is C31H31FN8O2. The predicted molar refractivity (Wildman–Crippen MR) is 160 cm³/mol. The summed E-state index contributed by atoms with van der Waals surface area (Å²) in [5.41, 5.74) is 3.84. The van der Waals surface area contributed by atoms with E-state index in [1.165, 1.54) is 18.5 Å². The summed E-state index contributed by atoms with van der Waals surface area (Å²) in [5.74, 6) is 1.39. The Bertz CT molecular complexity index is 1810. The average molecular weight is 567 g/mol. The second kappa shape index (κ2) is 10.6. The predicted octanol–water partition coefficient (Wildman–Crippen LogP) is 5.09. The highest BCUT2D eigenvalue weighted by Gasteiger charge is 2.41. The van der Waals surface area contributed by atoms with Crippen LogP contribution in [0.2, 0.25) is 0 Å². The number of fused-ring (bicyclic) bond motifs is 3. The van der Waals surface area contributed by atoms with Gasteiger partial charge in [-0.2, -0.15) is 5.10 Å². The van der Waals surface area contributed by atoms with Crippen molar-refractivity contribution in [3.05, 3.63) is 78.5 Å². The van der Waals surface area contributed by atoms with E-state index < -0.39 is 0 Å². The van der Waals surface area contributed by atoms with Gasteiger partial charge in [-0.1, -0.05) is 12.1 Å². The second-order valence-corrected chi connectivity index (χ2v) is 11.1. The number of likely N-dealkylation sites (N-methyl/N-ethyl adjacent to an activating group) is 1. The van der Waals surface area contributed by atoms with Crippen molar-refractivity contribution >= 4 is 45.0 Å². The van der Waals surface area contributed by atoms with Crippen molar-refractivity contribution in [2.24, 2.45) is 5.92 Å². The van der Waals surface area contributed by atoms with Crippen molar-refractivity contribution in [2.75, 3.05) is 44.4 Å². The zero-order valence-electron chi connectivity index (χ0n) is 23.4. The normalized spacial score (nSPS) is 18.5. The molecule has 0 saturated carbocycles. The van der Waals surface area contributed by atoms with Gasteiger partial charge in [0, 0.05) is 41.7 Å². The number of methoxy groups -OCH3 is 1. The molecule has 7 rings (SSSR count). The van der Waals surface area contributed by atoms with Gasteiger partial charge in [0.1, 0.15) is 23.7 Å². The van der Waals surface area contributed by atoms with Gasteiger partial charge < -0.3 is 25.2 Å². The van der Waals surface area contributed by atoms with Crippen molar-refractivity contribution in [3.8, 4) is 5.75 Å². The number of nitrogens with zero attached hydrogens (tertiary/aromatic N) is 6. The Balaban J connectivity index is 1.14. The number of halogens is 1. The van der Waals surface area contributed by atoms with Gasteiger partial charge in [0.05, 0.1) is 36.6 Å². The first-order valence-electron chi connectivity index (χ1n) is 14.0. The third kappa shape index (κ3) is 4.85. The first-order valence-corrected chi connectivity index (χ1v) is 14.0.